The Morgan fingerprint density at radius 2 is 1.32 bits per heavy atom. The molecule has 0 heterocycles. The molecular formula is C24H27BrO3. The first kappa shape index (κ1) is 20.7. The van der Waals surface area contributed by atoms with E-state index in [1.165, 1.54) is 0 Å². The second-order valence-electron chi connectivity index (χ2n) is 9.50. The van der Waals surface area contributed by atoms with Crippen molar-refractivity contribution in [1.82, 2.24) is 0 Å². The van der Waals surface area contributed by atoms with E-state index in [2.05, 4.69) is 15.9 Å². The van der Waals surface area contributed by atoms with Crippen molar-refractivity contribution in [2.24, 2.45) is 0 Å². The Morgan fingerprint density at radius 3 is 1.79 bits per heavy atom. The fraction of sp³-hybridized carbons (Fsp3) is 0.375. The minimum Gasteiger partial charge on any atom is -0.507 e. The van der Waals surface area contributed by atoms with Crippen LogP contribution in [0.5, 0.6) is 5.75 Å². The van der Waals surface area contributed by atoms with Crippen molar-refractivity contribution in [3.8, 4) is 5.75 Å². The number of allylic oxidation sites excluding steroid dienone is 1. The molecule has 28 heavy (non-hydrogen) atoms. The zero-order valence-corrected chi connectivity index (χ0v) is 18.8. The highest BCUT2D eigenvalue weighted by atomic mass is 79.9. The highest BCUT2D eigenvalue weighted by Gasteiger charge is 2.36. The predicted molar refractivity (Wildman–Crippen MR) is 117 cm³/mol. The number of halogens is 1. The van der Waals surface area contributed by atoms with Gasteiger partial charge < -0.3 is 10.2 Å². The largest absolute Gasteiger partial charge is 0.507 e. The number of carbonyl (C=O) groups excluding carboxylic acids is 1. The van der Waals surface area contributed by atoms with Gasteiger partial charge in [-0.2, -0.15) is 0 Å². The average molecular weight is 443 g/mol. The topological polar surface area (TPSA) is 57.5 Å². The fourth-order valence-electron chi connectivity index (χ4n) is 3.71. The molecule has 0 spiro atoms. The van der Waals surface area contributed by atoms with Gasteiger partial charge in [-0.05, 0) is 27.5 Å². The van der Waals surface area contributed by atoms with Crippen LogP contribution in [-0.4, -0.2) is 16.0 Å². The Balaban J connectivity index is 2.30. The van der Waals surface area contributed by atoms with Crippen molar-refractivity contribution in [3.05, 3.63) is 68.7 Å². The van der Waals surface area contributed by atoms with Crippen LogP contribution >= 0.6 is 15.9 Å². The van der Waals surface area contributed by atoms with Gasteiger partial charge in [-0.25, -0.2) is 0 Å². The molecule has 2 N–H and O–H groups in total. The molecule has 0 bridgehead atoms. The van der Waals surface area contributed by atoms with Gasteiger partial charge in [-0.3, -0.25) is 4.79 Å². The van der Waals surface area contributed by atoms with E-state index >= 15 is 0 Å². The zero-order chi connectivity index (χ0) is 21.0. The van der Waals surface area contributed by atoms with Crippen molar-refractivity contribution in [2.45, 2.75) is 58.3 Å². The first-order valence-electron chi connectivity index (χ1n) is 9.44. The summed E-state index contributed by atoms with van der Waals surface area (Å²) >= 11 is 3.48. The van der Waals surface area contributed by atoms with Crippen molar-refractivity contribution in [1.29, 1.82) is 0 Å². The van der Waals surface area contributed by atoms with Gasteiger partial charge in [0.1, 0.15) is 11.5 Å². The molecule has 0 aromatic heterocycles. The molecule has 3 rings (SSSR count). The lowest BCUT2D eigenvalue weighted by Crippen LogP contribution is -2.23. The van der Waals surface area contributed by atoms with E-state index in [1.54, 1.807) is 24.3 Å². The molecular weight excluding hydrogens is 416 g/mol. The van der Waals surface area contributed by atoms with Gasteiger partial charge in [-0.1, -0.05) is 93.9 Å². The van der Waals surface area contributed by atoms with Crippen LogP contribution < -0.4 is 0 Å². The molecule has 1 aliphatic carbocycles. The van der Waals surface area contributed by atoms with Gasteiger partial charge in [0, 0.05) is 11.1 Å². The number of hydrogen-bond donors (Lipinski definition) is 2. The molecule has 0 saturated heterocycles. The van der Waals surface area contributed by atoms with Crippen LogP contribution in [0.3, 0.4) is 0 Å². The molecule has 0 amide bonds. The van der Waals surface area contributed by atoms with Crippen molar-refractivity contribution >= 4 is 27.5 Å². The lowest BCUT2D eigenvalue weighted by molar-refractivity contribution is 0.0971. The number of phenols is 1. The Hall–Kier alpha value is -2.07. The molecule has 148 valence electrons. The number of hydrogen-bond acceptors (Lipinski definition) is 3. The fourth-order valence-corrected chi connectivity index (χ4v) is 4.39. The minimum absolute atomic E-state index is 0.0642. The maximum absolute atomic E-state index is 13.3. The standard InChI is InChI=1S/C24H27BrO3/c1-23(2,3)16-11-13(12-17(22(16)28)24(4,5)6)18-19(25)21(27)15-10-8-7-9-14(15)20(18)26/h7-12,18,27-28H,1-6H3. The first-order valence-corrected chi connectivity index (χ1v) is 10.2. The van der Waals surface area contributed by atoms with E-state index in [4.69, 9.17) is 0 Å². The number of phenolic OH excluding ortho intramolecular Hbond substituents is 1. The van der Waals surface area contributed by atoms with E-state index in [-0.39, 0.29) is 28.1 Å². The average Bonchev–Trinajstić information content (AvgIpc) is 2.59. The van der Waals surface area contributed by atoms with Crippen LogP contribution in [0, 0.1) is 0 Å². The Morgan fingerprint density at radius 1 is 0.857 bits per heavy atom. The molecule has 1 unspecified atom stereocenters. The third-order valence-electron chi connectivity index (χ3n) is 5.27. The van der Waals surface area contributed by atoms with Gasteiger partial charge in [0.2, 0.25) is 0 Å². The number of ketones is 1. The molecule has 0 fully saturated rings. The number of aliphatic hydroxyl groups is 1. The summed E-state index contributed by atoms with van der Waals surface area (Å²) in [4.78, 5) is 13.3. The van der Waals surface area contributed by atoms with Gasteiger partial charge in [0.15, 0.2) is 5.78 Å². The highest BCUT2D eigenvalue weighted by Crippen LogP contribution is 2.46. The monoisotopic (exact) mass is 442 g/mol. The maximum atomic E-state index is 13.3. The second-order valence-corrected chi connectivity index (χ2v) is 10.4. The molecule has 3 nitrogen and oxygen atoms in total. The van der Waals surface area contributed by atoms with Crippen LogP contribution in [0.4, 0.5) is 0 Å². The van der Waals surface area contributed by atoms with E-state index in [0.29, 0.717) is 15.6 Å². The third-order valence-corrected chi connectivity index (χ3v) is 6.10. The number of carbonyl (C=O) groups is 1. The molecule has 0 aliphatic heterocycles. The molecule has 1 atom stereocenters. The minimum atomic E-state index is -0.641. The Kier molecular flexibility index (Phi) is 4.99. The van der Waals surface area contributed by atoms with E-state index in [0.717, 1.165) is 16.7 Å². The number of aromatic hydroxyl groups is 1. The maximum Gasteiger partial charge on any atom is 0.176 e. The van der Waals surface area contributed by atoms with Gasteiger partial charge in [-0.15, -0.1) is 0 Å². The van der Waals surface area contributed by atoms with Crippen molar-refractivity contribution < 1.29 is 15.0 Å². The quantitative estimate of drug-likeness (QED) is 0.523. The summed E-state index contributed by atoms with van der Waals surface area (Å²) in [7, 11) is 0. The van der Waals surface area contributed by atoms with Gasteiger partial charge in [0.05, 0.1) is 10.4 Å². The molecule has 2 aromatic carbocycles. The zero-order valence-electron chi connectivity index (χ0n) is 17.2. The predicted octanol–water partition coefficient (Wildman–Crippen LogP) is 6.59. The second kappa shape index (κ2) is 6.77. The summed E-state index contributed by atoms with van der Waals surface area (Å²) in [5.74, 6) is -0.344. The highest BCUT2D eigenvalue weighted by molar-refractivity contribution is 9.11. The molecule has 1 aliphatic rings. The van der Waals surface area contributed by atoms with Crippen LogP contribution in [0.15, 0.2) is 40.9 Å². The number of Topliss-reactive ketones (excluding diaryl/α,β-unsaturated/α-hetero) is 1. The summed E-state index contributed by atoms with van der Waals surface area (Å²) < 4.78 is 0.460. The number of rotatable bonds is 1. The van der Waals surface area contributed by atoms with E-state index in [9.17, 15) is 15.0 Å². The normalized spacial score (nSPS) is 17.7. The van der Waals surface area contributed by atoms with Crippen molar-refractivity contribution in [2.75, 3.05) is 0 Å². The molecule has 4 heteroatoms. The number of aliphatic hydroxyl groups excluding tert-OH is 1. The Labute approximate surface area is 175 Å². The molecule has 2 aromatic rings. The lowest BCUT2D eigenvalue weighted by Gasteiger charge is -2.31. The number of benzene rings is 2. The van der Waals surface area contributed by atoms with E-state index < -0.39 is 5.92 Å². The SMILES string of the molecule is CC(C)(C)c1cc(C2C(=O)c3ccccc3C(O)=C2Br)cc(C(C)(C)C)c1O. The number of fused-ring (bicyclic) bond motifs is 1. The van der Waals surface area contributed by atoms with Crippen molar-refractivity contribution in [3.63, 3.8) is 0 Å². The summed E-state index contributed by atoms with van der Waals surface area (Å²) in [5.41, 5.74) is 2.81. The third kappa shape index (κ3) is 3.39. The van der Waals surface area contributed by atoms with Gasteiger partial charge in [0.25, 0.3) is 0 Å². The smallest absolute Gasteiger partial charge is 0.176 e. The molecule has 0 radical (unpaired) electrons. The summed E-state index contributed by atoms with van der Waals surface area (Å²) in [6.07, 6.45) is 0. The Bertz CT molecular complexity index is 953. The van der Waals surface area contributed by atoms with Crippen LogP contribution in [-0.2, 0) is 10.8 Å². The molecule has 0 saturated carbocycles. The van der Waals surface area contributed by atoms with Gasteiger partial charge >= 0.3 is 0 Å². The lowest BCUT2D eigenvalue weighted by atomic mass is 9.75. The van der Waals surface area contributed by atoms with Crippen LogP contribution in [0.1, 0.15) is 80.1 Å². The summed E-state index contributed by atoms with van der Waals surface area (Å²) in [6, 6.07) is 10.9. The summed E-state index contributed by atoms with van der Waals surface area (Å²) in [5, 5.41) is 21.7. The van der Waals surface area contributed by atoms with E-state index in [1.807, 2.05) is 53.7 Å². The van der Waals surface area contributed by atoms with Crippen LogP contribution in [0.25, 0.3) is 5.76 Å². The summed E-state index contributed by atoms with van der Waals surface area (Å²) in [6.45, 7) is 12.2. The van der Waals surface area contributed by atoms with Crippen LogP contribution in [0.2, 0.25) is 0 Å². The first-order chi connectivity index (χ1) is 12.8.